The molecule has 5 aromatic rings. The van der Waals surface area contributed by atoms with Crippen molar-refractivity contribution >= 4 is 28.4 Å². The molecule has 5 rings (SSSR count). The third kappa shape index (κ3) is 3.86. The molecule has 3 N–H and O–H groups in total. The number of para-hydroxylation sites is 1. The average molecular weight is 476 g/mol. The van der Waals surface area contributed by atoms with Crippen LogP contribution in [0, 0.1) is 11.3 Å². The van der Waals surface area contributed by atoms with Gasteiger partial charge in [-0.2, -0.15) is 10.2 Å². The fraction of sp³-hybridized carbons (Fsp3) is 0.0741. The van der Waals surface area contributed by atoms with Crippen molar-refractivity contribution in [1.29, 1.82) is 5.26 Å². The van der Waals surface area contributed by atoms with E-state index in [4.69, 9.17) is 5.73 Å². The summed E-state index contributed by atoms with van der Waals surface area (Å²) < 4.78 is 1.59. The van der Waals surface area contributed by atoms with Gasteiger partial charge in [0.15, 0.2) is 5.82 Å². The Morgan fingerprint density at radius 2 is 1.89 bits per heavy atom. The molecule has 0 aliphatic heterocycles. The van der Waals surface area contributed by atoms with Gasteiger partial charge in [-0.05, 0) is 42.1 Å². The number of hydrogen-bond acceptors (Lipinski definition) is 8. The monoisotopic (exact) mass is 475 g/mol. The van der Waals surface area contributed by atoms with Gasteiger partial charge in [-0.3, -0.25) is 14.3 Å². The van der Waals surface area contributed by atoms with Gasteiger partial charge in [0, 0.05) is 18.3 Å². The van der Waals surface area contributed by atoms with E-state index in [1.807, 2.05) is 61.5 Å². The number of hydrogen-bond donors (Lipinski definition) is 2. The van der Waals surface area contributed by atoms with E-state index in [9.17, 15) is 15.2 Å². The first-order valence-electron chi connectivity index (χ1n) is 11.2. The van der Waals surface area contributed by atoms with Gasteiger partial charge in [0.25, 0.3) is 5.56 Å². The van der Waals surface area contributed by atoms with Gasteiger partial charge in [0.05, 0.1) is 23.5 Å². The number of nitrogen functional groups attached to an aromatic ring is 1. The minimum absolute atomic E-state index is 0.00653. The summed E-state index contributed by atoms with van der Waals surface area (Å²) >= 11 is 0. The molecule has 0 aliphatic carbocycles. The summed E-state index contributed by atoms with van der Waals surface area (Å²) in [5.74, 6) is 0.855. The van der Waals surface area contributed by atoms with E-state index in [-0.39, 0.29) is 22.8 Å². The second-order valence-corrected chi connectivity index (χ2v) is 8.00. The Hall–Kier alpha value is -5.23. The summed E-state index contributed by atoms with van der Waals surface area (Å²) in [7, 11) is 0. The topological polar surface area (TPSA) is 134 Å². The fourth-order valence-electron chi connectivity index (χ4n) is 4.28. The third-order valence-electron chi connectivity index (χ3n) is 5.83. The van der Waals surface area contributed by atoms with Gasteiger partial charge in [0.2, 0.25) is 5.95 Å². The van der Waals surface area contributed by atoms with Gasteiger partial charge in [-0.15, -0.1) is 0 Å². The Morgan fingerprint density at radius 1 is 1.08 bits per heavy atom. The number of aromatic hydroxyl groups is 1. The third-order valence-corrected chi connectivity index (χ3v) is 5.83. The molecule has 176 valence electrons. The largest absolute Gasteiger partial charge is 0.506 e. The molecule has 9 heteroatoms. The van der Waals surface area contributed by atoms with Crippen molar-refractivity contribution in [3.63, 3.8) is 0 Å². The van der Waals surface area contributed by atoms with Crippen molar-refractivity contribution in [2.75, 3.05) is 17.2 Å². The molecule has 0 radical (unpaired) electrons. The van der Waals surface area contributed by atoms with Crippen LogP contribution in [-0.4, -0.2) is 31.2 Å². The summed E-state index contributed by atoms with van der Waals surface area (Å²) in [5.41, 5.74) is 7.73. The number of rotatable bonds is 5. The highest BCUT2D eigenvalue weighted by Gasteiger charge is 2.22. The second-order valence-electron chi connectivity index (χ2n) is 8.00. The van der Waals surface area contributed by atoms with Crippen LogP contribution in [-0.2, 0) is 0 Å². The van der Waals surface area contributed by atoms with Crippen LogP contribution >= 0.6 is 0 Å². The summed E-state index contributed by atoms with van der Waals surface area (Å²) in [4.78, 5) is 28.4. The van der Waals surface area contributed by atoms with Crippen molar-refractivity contribution in [3.05, 3.63) is 95.2 Å². The van der Waals surface area contributed by atoms with E-state index in [1.165, 1.54) is 12.4 Å². The van der Waals surface area contributed by atoms with Crippen molar-refractivity contribution in [2.45, 2.75) is 6.92 Å². The highest BCUT2D eigenvalue weighted by Crippen LogP contribution is 2.33. The molecule has 0 atom stereocenters. The number of anilines is 3. The van der Waals surface area contributed by atoms with Crippen molar-refractivity contribution in [3.8, 4) is 28.6 Å². The lowest BCUT2D eigenvalue weighted by Gasteiger charge is -2.27. The molecule has 0 saturated carbocycles. The zero-order valence-corrected chi connectivity index (χ0v) is 19.3. The average Bonchev–Trinajstić information content (AvgIpc) is 2.89. The molecule has 0 saturated heterocycles. The zero-order chi connectivity index (χ0) is 25.2. The summed E-state index contributed by atoms with van der Waals surface area (Å²) in [6.45, 7) is 2.30. The van der Waals surface area contributed by atoms with Crippen molar-refractivity contribution in [1.82, 2.24) is 19.5 Å². The number of aromatic nitrogens is 4. The standard InChI is InChI=1S/C27H21N7O2/c1-2-33(25-19(13-28)15-31-27(29)32-25)23-12-17-7-6-10-22(18-11-21(35)16-30-14-18)24(17)26(36)34(23)20-8-4-3-5-9-20/h3-12,14-16,35H,2H2,1H3,(H2,29,31,32). The predicted molar refractivity (Wildman–Crippen MR) is 138 cm³/mol. The highest BCUT2D eigenvalue weighted by atomic mass is 16.3. The van der Waals surface area contributed by atoms with Crippen LogP contribution in [0.5, 0.6) is 5.75 Å². The molecule has 0 spiro atoms. The van der Waals surface area contributed by atoms with E-state index < -0.39 is 0 Å². The lowest BCUT2D eigenvalue weighted by atomic mass is 10.00. The van der Waals surface area contributed by atoms with E-state index in [1.54, 1.807) is 21.7 Å². The maximum Gasteiger partial charge on any atom is 0.265 e. The molecule has 36 heavy (non-hydrogen) atoms. The van der Waals surface area contributed by atoms with Gasteiger partial charge in [-0.1, -0.05) is 36.4 Å². The van der Waals surface area contributed by atoms with Crippen molar-refractivity contribution < 1.29 is 5.11 Å². The maximum absolute atomic E-state index is 14.2. The molecule has 2 aromatic carbocycles. The van der Waals surface area contributed by atoms with Gasteiger partial charge in [0.1, 0.15) is 23.2 Å². The minimum atomic E-state index is -0.272. The van der Waals surface area contributed by atoms with Crippen LogP contribution < -0.4 is 16.2 Å². The number of nitrogens with two attached hydrogens (primary N) is 1. The second kappa shape index (κ2) is 9.19. The van der Waals surface area contributed by atoms with Gasteiger partial charge < -0.3 is 15.7 Å². The molecule has 0 fully saturated rings. The Bertz CT molecular complexity index is 1690. The van der Waals surface area contributed by atoms with Gasteiger partial charge >= 0.3 is 0 Å². The molecule has 0 aliphatic rings. The van der Waals surface area contributed by atoms with E-state index in [0.29, 0.717) is 45.8 Å². The highest BCUT2D eigenvalue weighted by molar-refractivity contribution is 5.98. The number of nitriles is 1. The Morgan fingerprint density at radius 3 is 2.61 bits per heavy atom. The summed E-state index contributed by atoms with van der Waals surface area (Å²) in [6, 6.07) is 20.3. The first kappa shape index (κ1) is 22.6. The zero-order valence-electron chi connectivity index (χ0n) is 19.3. The number of fused-ring (bicyclic) bond motifs is 1. The first-order valence-corrected chi connectivity index (χ1v) is 11.2. The molecule has 3 heterocycles. The molecule has 3 aromatic heterocycles. The van der Waals surface area contributed by atoms with Gasteiger partial charge in [-0.25, -0.2) is 4.98 Å². The predicted octanol–water partition coefficient (Wildman–Crippen LogP) is 4.16. The summed E-state index contributed by atoms with van der Waals surface area (Å²) in [5, 5.41) is 20.9. The lowest BCUT2D eigenvalue weighted by Crippen LogP contribution is -2.29. The molecular weight excluding hydrogens is 454 g/mol. The smallest absolute Gasteiger partial charge is 0.265 e. The Balaban J connectivity index is 1.88. The van der Waals surface area contributed by atoms with E-state index in [0.717, 1.165) is 0 Å². The molecule has 9 nitrogen and oxygen atoms in total. The number of benzene rings is 2. The maximum atomic E-state index is 14.2. The Labute approximate surface area is 206 Å². The molecule has 0 unspecified atom stereocenters. The van der Waals surface area contributed by atoms with Crippen molar-refractivity contribution in [2.24, 2.45) is 0 Å². The van der Waals surface area contributed by atoms with Crippen LogP contribution in [0.15, 0.2) is 84.0 Å². The van der Waals surface area contributed by atoms with E-state index >= 15 is 0 Å². The SMILES string of the molecule is CCN(c1nc(N)ncc1C#N)c1cc2cccc(-c3cncc(O)c3)c2c(=O)n1-c1ccccc1. The normalized spacial score (nSPS) is 10.8. The number of pyridine rings is 2. The fourth-order valence-corrected chi connectivity index (χ4v) is 4.28. The van der Waals surface area contributed by atoms with Crippen LogP contribution in [0.4, 0.5) is 17.6 Å². The summed E-state index contributed by atoms with van der Waals surface area (Å²) in [6.07, 6.45) is 4.32. The minimum Gasteiger partial charge on any atom is -0.506 e. The lowest BCUT2D eigenvalue weighted by molar-refractivity contribution is 0.473. The van der Waals surface area contributed by atoms with E-state index in [2.05, 4.69) is 21.0 Å². The van der Waals surface area contributed by atoms with Crippen LogP contribution in [0.25, 0.3) is 27.6 Å². The quantitative estimate of drug-likeness (QED) is 0.387. The first-order chi connectivity index (χ1) is 17.5. The van der Waals surface area contributed by atoms with Crippen LogP contribution in [0.1, 0.15) is 12.5 Å². The van der Waals surface area contributed by atoms with Crippen LogP contribution in [0.3, 0.4) is 0 Å². The Kier molecular flexibility index (Phi) is 5.76. The molecular formula is C27H21N7O2. The number of nitrogens with zero attached hydrogens (tertiary/aromatic N) is 6. The molecule has 0 amide bonds. The van der Waals surface area contributed by atoms with Crippen LogP contribution in [0.2, 0.25) is 0 Å². The molecule has 0 bridgehead atoms.